The molecule has 0 spiro atoms. The van der Waals surface area contributed by atoms with Crippen LogP contribution in [0.2, 0.25) is 0 Å². The monoisotopic (exact) mass is 189 g/mol. The molecular formula is C11H11NO2. The van der Waals surface area contributed by atoms with Crippen molar-refractivity contribution in [3.8, 4) is 0 Å². The second-order valence-electron chi connectivity index (χ2n) is 3.30. The van der Waals surface area contributed by atoms with Gasteiger partial charge in [0.05, 0.1) is 6.04 Å². The van der Waals surface area contributed by atoms with Gasteiger partial charge in [-0.25, -0.2) is 0 Å². The van der Waals surface area contributed by atoms with E-state index in [9.17, 15) is 4.79 Å². The number of carbonyl (C=O) groups is 1. The maximum Gasteiger partial charge on any atom is 0.214 e. The van der Waals surface area contributed by atoms with Crippen LogP contribution in [0.4, 0.5) is 0 Å². The fraction of sp³-hybridized carbons (Fsp3) is 0.182. The predicted octanol–water partition coefficient (Wildman–Crippen LogP) is 1.96. The molecule has 14 heavy (non-hydrogen) atoms. The van der Waals surface area contributed by atoms with E-state index in [1.54, 1.807) is 13.0 Å². The summed E-state index contributed by atoms with van der Waals surface area (Å²) in [6, 6.07) is 8.70. The van der Waals surface area contributed by atoms with Crippen molar-refractivity contribution in [2.75, 3.05) is 0 Å². The summed E-state index contributed by atoms with van der Waals surface area (Å²) in [4.78, 5) is 11.5. The number of fused-ring (bicyclic) bond motifs is 1. The fourth-order valence-electron chi connectivity index (χ4n) is 1.33. The highest BCUT2D eigenvalue weighted by molar-refractivity contribution is 6.00. The van der Waals surface area contributed by atoms with Gasteiger partial charge in [0.25, 0.3) is 0 Å². The molecule has 0 aliphatic heterocycles. The summed E-state index contributed by atoms with van der Waals surface area (Å²) in [5.41, 5.74) is 6.20. The zero-order valence-corrected chi connectivity index (χ0v) is 7.86. The van der Waals surface area contributed by atoms with Gasteiger partial charge in [0, 0.05) is 5.39 Å². The van der Waals surface area contributed by atoms with E-state index in [1.165, 1.54) is 0 Å². The Hall–Kier alpha value is -1.61. The number of Topliss-reactive ketones (excluding diaryl/α,β-unsaturated/α-hetero) is 1. The van der Waals surface area contributed by atoms with Crippen LogP contribution in [0.5, 0.6) is 0 Å². The number of nitrogens with two attached hydrogens (primary N) is 1. The van der Waals surface area contributed by atoms with Crippen molar-refractivity contribution in [2.24, 2.45) is 5.73 Å². The number of rotatable bonds is 2. The third-order valence-corrected chi connectivity index (χ3v) is 2.08. The van der Waals surface area contributed by atoms with Crippen LogP contribution < -0.4 is 5.73 Å². The molecule has 72 valence electrons. The third-order valence-electron chi connectivity index (χ3n) is 2.08. The molecule has 2 aromatic rings. The number of para-hydroxylation sites is 1. The average Bonchev–Trinajstić information content (AvgIpc) is 2.59. The van der Waals surface area contributed by atoms with Gasteiger partial charge in [-0.15, -0.1) is 0 Å². The molecule has 2 N–H and O–H groups in total. The van der Waals surface area contributed by atoms with Crippen LogP contribution in [0.15, 0.2) is 34.7 Å². The first kappa shape index (κ1) is 8.97. The number of hydrogen-bond donors (Lipinski definition) is 1. The summed E-state index contributed by atoms with van der Waals surface area (Å²) in [5.74, 6) is 0.169. The summed E-state index contributed by atoms with van der Waals surface area (Å²) in [7, 11) is 0. The quantitative estimate of drug-likeness (QED) is 0.735. The van der Waals surface area contributed by atoms with Crippen molar-refractivity contribution < 1.29 is 9.21 Å². The molecule has 1 aromatic heterocycles. The highest BCUT2D eigenvalue weighted by Gasteiger charge is 2.15. The van der Waals surface area contributed by atoms with Gasteiger partial charge < -0.3 is 10.2 Å². The van der Waals surface area contributed by atoms with Crippen LogP contribution in [-0.2, 0) is 0 Å². The zero-order valence-electron chi connectivity index (χ0n) is 7.86. The molecule has 0 amide bonds. The first-order valence-electron chi connectivity index (χ1n) is 4.47. The smallest absolute Gasteiger partial charge is 0.214 e. The summed E-state index contributed by atoms with van der Waals surface area (Å²) in [5, 5.41) is 0.927. The lowest BCUT2D eigenvalue weighted by Crippen LogP contribution is -2.26. The van der Waals surface area contributed by atoms with Crippen molar-refractivity contribution in [3.63, 3.8) is 0 Å². The summed E-state index contributed by atoms with van der Waals surface area (Å²) in [6.07, 6.45) is 0. The molecule has 3 nitrogen and oxygen atoms in total. The van der Waals surface area contributed by atoms with Gasteiger partial charge in [-0.1, -0.05) is 18.2 Å². The van der Waals surface area contributed by atoms with Gasteiger partial charge in [-0.05, 0) is 19.1 Å². The SMILES string of the molecule is CC(N)C(=O)c1cc2ccccc2o1. The molecular weight excluding hydrogens is 178 g/mol. The van der Waals surface area contributed by atoms with Gasteiger partial charge in [-0.3, -0.25) is 4.79 Å². The van der Waals surface area contributed by atoms with Crippen molar-refractivity contribution in [2.45, 2.75) is 13.0 Å². The first-order chi connectivity index (χ1) is 6.68. The van der Waals surface area contributed by atoms with Crippen molar-refractivity contribution in [1.29, 1.82) is 0 Å². The maximum atomic E-state index is 11.5. The normalized spacial score (nSPS) is 13.0. The first-order valence-corrected chi connectivity index (χ1v) is 4.47. The van der Waals surface area contributed by atoms with Gasteiger partial charge >= 0.3 is 0 Å². The summed E-state index contributed by atoms with van der Waals surface area (Å²) in [6.45, 7) is 1.65. The Labute approximate surface area is 81.5 Å². The maximum absolute atomic E-state index is 11.5. The van der Waals surface area contributed by atoms with Gasteiger partial charge in [0.2, 0.25) is 5.78 Å². The highest BCUT2D eigenvalue weighted by Crippen LogP contribution is 2.19. The van der Waals surface area contributed by atoms with Gasteiger partial charge in [0.15, 0.2) is 5.76 Å². The number of ketones is 1. The number of benzene rings is 1. The van der Waals surface area contributed by atoms with E-state index in [4.69, 9.17) is 10.2 Å². The van der Waals surface area contributed by atoms with Crippen molar-refractivity contribution in [1.82, 2.24) is 0 Å². The Morgan fingerprint density at radius 2 is 2.14 bits per heavy atom. The molecule has 0 aliphatic rings. The van der Waals surface area contributed by atoms with Crippen LogP contribution in [-0.4, -0.2) is 11.8 Å². The third kappa shape index (κ3) is 1.42. The van der Waals surface area contributed by atoms with Crippen LogP contribution in [0.1, 0.15) is 17.5 Å². The number of carbonyl (C=O) groups excluding carboxylic acids is 1. The molecule has 0 bridgehead atoms. The fourth-order valence-corrected chi connectivity index (χ4v) is 1.33. The minimum Gasteiger partial charge on any atom is -0.453 e. The molecule has 1 aromatic carbocycles. The van der Waals surface area contributed by atoms with E-state index >= 15 is 0 Å². The van der Waals surface area contributed by atoms with Crippen molar-refractivity contribution >= 4 is 16.8 Å². The zero-order chi connectivity index (χ0) is 10.1. The molecule has 0 saturated carbocycles. The Kier molecular flexibility index (Phi) is 2.09. The van der Waals surface area contributed by atoms with E-state index < -0.39 is 6.04 Å². The Morgan fingerprint density at radius 3 is 2.79 bits per heavy atom. The van der Waals surface area contributed by atoms with E-state index in [1.807, 2.05) is 24.3 Å². The van der Waals surface area contributed by atoms with E-state index in [2.05, 4.69) is 0 Å². The van der Waals surface area contributed by atoms with Gasteiger partial charge in [-0.2, -0.15) is 0 Å². The van der Waals surface area contributed by atoms with E-state index in [-0.39, 0.29) is 5.78 Å². The number of furan rings is 1. The van der Waals surface area contributed by atoms with Gasteiger partial charge in [0.1, 0.15) is 5.58 Å². The summed E-state index contributed by atoms with van der Waals surface area (Å²) >= 11 is 0. The number of hydrogen-bond acceptors (Lipinski definition) is 3. The lowest BCUT2D eigenvalue weighted by atomic mass is 10.1. The second kappa shape index (κ2) is 3.27. The minimum absolute atomic E-state index is 0.166. The predicted molar refractivity (Wildman–Crippen MR) is 54.2 cm³/mol. The molecule has 0 saturated heterocycles. The topological polar surface area (TPSA) is 56.2 Å². The molecule has 1 atom stereocenters. The standard InChI is InChI=1S/C11H11NO2/c1-7(12)11(13)10-6-8-4-2-3-5-9(8)14-10/h2-7H,12H2,1H3. The Morgan fingerprint density at radius 1 is 1.43 bits per heavy atom. The van der Waals surface area contributed by atoms with Crippen LogP contribution >= 0.6 is 0 Å². The molecule has 1 unspecified atom stereocenters. The van der Waals surface area contributed by atoms with Crippen LogP contribution in [0.25, 0.3) is 11.0 Å². The molecule has 0 fully saturated rings. The Bertz CT molecular complexity index is 438. The molecule has 2 rings (SSSR count). The lowest BCUT2D eigenvalue weighted by molar-refractivity contribution is 0.0943. The van der Waals surface area contributed by atoms with E-state index in [0.717, 1.165) is 11.0 Å². The largest absolute Gasteiger partial charge is 0.453 e. The summed E-state index contributed by atoms with van der Waals surface area (Å²) < 4.78 is 5.36. The van der Waals surface area contributed by atoms with E-state index in [0.29, 0.717) is 5.76 Å². The molecule has 3 heteroatoms. The Balaban J connectivity index is 2.50. The van der Waals surface area contributed by atoms with Crippen molar-refractivity contribution in [3.05, 3.63) is 36.1 Å². The highest BCUT2D eigenvalue weighted by atomic mass is 16.3. The van der Waals surface area contributed by atoms with Crippen LogP contribution in [0.3, 0.4) is 0 Å². The molecule has 0 radical (unpaired) electrons. The lowest BCUT2D eigenvalue weighted by Gasteiger charge is -1.98. The average molecular weight is 189 g/mol. The molecule has 0 aliphatic carbocycles. The molecule has 1 heterocycles. The van der Waals surface area contributed by atoms with Crippen LogP contribution in [0, 0.1) is 0 Å². The second-order valence-corrected chi connectivity index (χ2v) is 3.30. The minimum atomic E-state index is -0.518.